The molecule has 0 amide bonds. The number of nitrogens with zero attached hydrogens (tertiary/aromatic N) is 3. The first kappa shape index (κ1) is 16.0. The van der Waals surface area contributed by atoms with E-state index in [4.69, 9.17) is 4.74 Å². The first-order valence-corrected chi connectivity index (χ1v) is 8.04. The van der Waals surface area contributed by atoms with E-state index < -0.39 is 0 Å². The minimum Gasteiger partial charge on any atom is -0.462 e. The average Bonchev–Trinajstić information content (AvgIpc) is 3.00. The monoisotopic (exact) mass is 324 g/mol. The summed E-state index contributed by atoms with van der Waals surface area (Å²) in [5, 5.41) is 7.57. The number of nitrogens with one attached hydrogen (secondary N) is 1. The van der Waals surface area contributed by atoms with Gasteiger partial charge in [0.2, 0.25) is 0 Å². The molecule has 0 aliphatic rings. The highest BCUT2D eigenvalue weighted by molar-refractivity contribution is 5.95. The van der Waals surface area contributed by atoms with Crippen LogP contribution in [0.4, 0.5) is 5.82 Å². The van der Waals surface area contributed by atoms with Crippen molar-refractivity contribution in [1.29, 1.82) is 0 Å². The van der Waals surface area contributed by atoms with Gasteiger partial charge in [-0.2, -0.15) is 5.10 Å². The molecule has 3 aromatic rings. The fourth-order valence-corrected chi connectivity index (χ4v) is 2.73. The molecule has 0 fully saturated rings. The Kier molecular flexibility index (Phi) is 4.74. The zero-order chi connectivity index (χ0) is 16.9. The van der Waals surface area contributed by atoms with Crippen molar-refractivity contribution >= 4 is 17.3 Å². The van der Waals surface area contributed by atoms with Crippen molar-refractivity contribution in [2.75, 3.05) is 11.9 Å². The Labute approximate surface area is 140 Å². The Bertz CT molecular complexity index is 843. The van der Waals surface area contributed by atoms with Gasteiger partial charge in [-0.3, -0.25) is 0 Å². The van der Waals surface area contributed by atoms with E-state index in [0.717, 1.165) is 16.6 Å². The van der Waals surface area contributed by atoms with Crippen molar-refractivity contribution in [3.05, 3.63) is 59.5 Å². The lowest BCUT2D eigenvalue weighted by Gasteiger charge is -2.08. The molecule has 0 spiro atoms. The van der Waals surface area contributed by atoms with Crippen LogP contribution in [0.15, 0.2) is 42.9 Å². The third kappa shape index (κ3) is 3.08. The number of hydrogen-bond donors (Lipinski definition) is 1. The van der Waals surface area contributed by atoms with Gasteiger partial charge in [-0.25, -0.2) is 14.3 Å². The van der Waals surface area contributed by atoms with Crippen molar-refractivity contribution in [2.45, 2.75) is 26.8 Å². The van der Waals surface area contributed by atoms with E-state index in [1.54, 1.807) is 17.6 Å². The molecule has 2 heterocycles. The number of aromatic nitrogens is 3. The number of anilines is 1. The van der Waals surface area contributed by atoms with Crippen LogP contribution in [0.1, 0.15) is 35.3 Å². The molecule has 6 nitrogen and oxygen atoms in total. The van der Waals surface area contributed by atoms with Crippen molar-refractivity contribution in [2.24, 2.45) is 0 Å². The number of carbonyl (C=O) groups excluding carboxylic acids is 1. The number of rotatable bonds is 6. The van der Waals surface area contributed by atoms with Crippen LogP contribution in [0.3, 0.4) is 0 Å². The molecule has 0 unspecified atom stereocenters. The molecule has 0 radical (unpaired) electrons. The van der Waals surface area contributed by atoms with Gasteiger partial charge in [-0.05, 0) is 24.5 Å². The topological polar surface area (TPSA) is 68.5 Å². The molecule has 124 valence electrons. The van der Waals surface area contributed by atoms with Gasteiger partial charge in [-0.1, -0.05) is 37.3 Å². The van der Waals surface area contributed by atoms with Crippen LogP contribution in [-0.2, 0) is 17.7 Å². The number of hydrogen-bond acceptors (Lipinski definition) is 5. The van der Waals surface area contributed by atoms with Gasteiger partial charge in [0.25, 0.3) is 0 Å². The highest BCUT2D eigenvalue weighted by Gasteiger charge is 2.20. The molecule has 2 aromatic heterocycles. The van der Waals surface area contributed by atoms with Gasteiger partial charge >= 0.3 is 5.97 Å². The highest BCUT2D eigenvalue weighted by Crippen LogP contribution is 2.25. The first-order valence-electron chi connectivity index (χ1n) is 8.04. The zero-order valence-electron chi connectivity index (χ0n) is 13.8. The first-order chi connectivity index (χ1) is 11.7. The van der Waals surface area contributed by atoms with Crippen molar-refractivity contribution < 1.29 is 9.53 Å². The predicted molar refractivity (Wildman–Crippen MR) is 92.1 cm³/mol. The van der Waals surface area contributed by atoms with Crippen LogP contribution in [0.2, 0.25) is 0 Å². The van der Waals surface area contributed by atoms with Crippen LogP contribution in [0, 0.1) is 0 Å². The van der Waals surface area contributed by atoms with Gasteiger partial charge in [0, 0.05) is 12.7 Å². The molecular formula is C18H20N4O2. The molecule has 0 saturated carbocycles. The molecular weight excluding hydrogens is 304 g/mol. The zero-order valence-corrected chi connectivity index (χ0v) is 13.8. The highest BCUT2D eigenvalue weighted by atomic mass is 16.5. The molecule has 0 atom stereocenters. The van der Waals surface area contributed by atoms with Crippen LogP contribution in [0.5, 0.6) is 0 Å². The van der Waals surface area contributed by atoms with Crippen molar-refractivity contribution in [3.8, 4) is 0 Å². The maximum absolute atomic E-state index is 12.2. The summed E-state index contributed by atoms with van der Waals surface area (Å²) in [6, 6.07) is 10.1. The van der Waals surface area contributed by atoms with E-state index >= 15 is 0 Å². The minimum absolute atomic E-state index is 0.325. The van der Waals surface area contributed by atoms with Crippen molar-refractivity contribution in [1.82, 2.24) is 14.6 Å². The van der Waals surface area contributed by atoms with Gasteiger partial charge < -0.3 is 10.1 Å². The van der Waals surface area contributed by atoms with Crippen LogP contribution in [0.25, 0.3) is 5.52 Å². The van der Waals surface area contributed by atoms with Gasteiger partial charge in [0.05, 0.1) is 12.2 Å². The molecule has 0 bridgehead atoms. The Hall–Kier alpha value is -2.89. The molecule has 6 heteroatoms. The summed E-state index contributed by atoms with van der Waals surface area (Å²) in [5.41, 5.74) is 3.41. The quantitative estimate of drug-likeness (QED) is 0.706. The Morgan fingerprint density at radius 2 is 2.04 bits per heavy atom. The summed E-state index contributed by atoms with van der Waals surface area (Å²) >= 11 is 0. The van der Waals surface area contributed by atoms with E-state index in [0.29, 0.717) is 31.0 Å². The van der Waals surface area contributed by atoms with Crippen LogP contribution < -0.4 is 5.32 Å². The number of fused-ring (bicyclic) bond motifs is 1. The molecule has 1 N–H and O–H groups in total. The number of aryl methyl sites for hydroxylation is 1. The maximum Gasteiger partial charge on any atom is 0.340 e. The fraction of sp³-hybridized carbons (Fsp3) is 0.278. The predicted octanol–water partition coefficient (Wildman–Crippen LogP) is 3.08. The average molecular weight is 324 g/mol. The second-order valence-corrected chi connectivity index (χ2v) is 5.34. The molecule has 0 aliphatic carbocycles. The van der Waals surface area contributed by atoms with E-state index in [9.17, 15) is 4.79 Å². The normalized spacial score (nSPS) is 10.8. The second-order valence-electron chi connectivity index (χ2n) is 5.34. The molecule has 0 aliphatic heterocycles. The number of carbonyl (C=O) groups is 1. The lowest BCUT2D eigenvalue weighted by atomic mass is 10.1. The van der Waals surface area contributed by atoms with Crippen LogP contribution in [-0.4, -0.2) is 27.2 Å². The summed E-state index contributed by atoms with van der Waals surface area (Å²) in [7, 11) is 0. The van der Waals surface area contributed by atoms with Gasteiger partial charge in [0.15, 0.2) is 5.82 Å². The smallest absolute Gasteiger partial charge is 0.340 e. The molecule has 1 aromatic carbocycles. The van der Waals surface area contributed by atoms with E-state index in [1.807, 2.05) is 37.3 Å². The summed E-state index contributed by atoms with van der Waals surface area (Å²) < 4.78 is 6.83. The fourth-order valence-electron chi connectivity index (χ4n) is 2.73. The minimum atomic E-state index is -0.325. The largest absolute Gasteiger partial charge is 0.462 e. The van der Waals surface area contributed by atoms with Crippen LogP contribution >= 0.6 is 0 Å². The number of ether oxygens (including phenoxy) is 1. The lowest BCUT2D eigenvalue weighted by Crippen LogP contribution is -2.06. The lowest BCUT2D eigenvalue weighted by molar-refractivity contribution is 0.0525. The molecule has 3 rings (SSSR count). The molecule has 24 heavy (non-hydrogen) atoms. The Morgan fingerprint density at radius 1 is 1.25 bits per heavy atom. The maximum atomic E-state index is 12.2. The number of esters is 1. The second kappa shape index (κ2) is 7.12. The van der Waals surface area contributed by atoms with E-state index in [1.165, 1.54) is 6.33 Å². The van der Waals surface area contributed by atoms with Gasteiger partial charge in [0.1, 0.15) is 11.8 Å². The summed E-state index contributed by atoms with van der Waals surface area (Å²) in [4.78, 5) is 16.5. The van der Waals surface area contributed by atoms with E-state index in [-0.39, 0.29) is 5.97 Å². The van der Waals surface area contributed by atoms with E-state index in [2.05, 4.69) is 15.4 Å². The Balaban J connectivity index is 1.97. The Morgan fingerprint density at radius 3 is 2.75 bits per heavy atom. The third-order valence-corrected chi connectivity index (χ3v) is 3.83. The summed E-state index contributed by atoms with van der Waals surface area (Å²) in [5.74, 6) is 0.384. The standard InChI is InChI=1S/C18H20N4O2/c1-3-14-15(18(23)24-4-2)11-22-16(14)17(20-12-21-22)19-10-13-8-6-5-7-9-13/h5-9,11-12H,3-4,10H2,1-2H3,(H,19,20,21). The van der Waals surface area contributed by atoms with Crippen molar-refractivity contribution in [3.63, 3.8) is 0 Å². The SMILES string of the molecule is CCOC(=O)c1cn2ncnc(NCc3ccccc3)c2c1CC. The van der Waals surface area contributed by atoms with Gasteiger partial charge in [-0.15, -0.1) is 0 Å². The number of benzene rings is 1. The third-order valence-electron chi connectivity index (χ3n) is 3.83. The summed E-state index contributed by atoms with van der Waals surface area (Å²) in [6.45, 7) is 4.80. The summed E-state index contributed by atoms with van der Waals surface area (Å²) in [6.07, 6.45) is 3.88. The molecule has 0 saturated heterocycles.